The number of hydrogen-bond donors (Lipinski definition) is 1. The van der Waals surface area contributed by atoms with Crippen LogP contribution in [-0.4, -0.2) is 5.84 Å². The van der Waals surface area contributed by atoms with Crippen molar-refractivity contribution in [3.63, 3.8) is 0 Å². The van der Waals surface area contributed by atoms with Gasteiger partial charge in [-0.05, 0) is 18.2 Å². The van der Waals surface area contributed by atoms with Crippen molar-refractivity contribution in [2.24, 2.45) is 10.7 Å². The molecule has 0 radical (unpaired) electrons. The van der Waals surface area contributed by atoms with Gasteiger partial charge < -0.3 is 5.73 Å². The van der Waals surface area contributed by atoms with Crippen LogP contribution in [0, 0.1) is 11.6 Å². The van der Waals surface area contributed by atoms with Crippen molar-refractivity contribution < 1.29 is 8.78 Å². The second kappa shape index (κ2) is 5.40. The van der Waals surface area contributed by atoms with Gasteiger partial charge in [-0.15, -0.1) is 0 Å². The lowest BCUT2D eigenvalue weighted by Crippen LogP contribution is -2.13. The van der Waals surface area contributed by atoms with E-state index in [-0.39, 0.29) is 12.1 Å². The smallest absolute Gasteiger partial charge is 0.128 e. The SMILES string of the molecule is NC(=NCc1cc(F)ccc1F)c1ccccc1. The molecule has 2 aromatic rings. The van der Waals surface area contributed by atoms with Crippen molar-refractivity contribution in [3.8, 4) is 0 Å². The van der Waals surface area contributed by atoms with Crippen LogP contribution in [0.1, 0.15) is 11.1 Å². The van der Waals surface area contributed by atoms with Gasteiger partial charge in [0.25, 0.3) is 0 Å². The molecule has 92 valence electrons. The van der Waals surface area contributed by atoms with Crippen molar-refractivity contribution in [2.45, 2.75) is 6.54 Å². The molecular weight excluding hydrogens is 234 g/mol. The summed E-state index contributed by atoms with van der Waals surface area (Å²) in [6.07, 6.45) is 0. The zero-order valence-corrected chi connectivity index (χ0v) is 9.61. The highest BCUT2D eigenvalue weighted by Crippen LogP contribution is 2.11. The van der Waals surface area contributed by atoms with E-state index in [1.54, 1.807) is 12.1 Å². The van der Waals surface area contributed by atoms with Crippen LogP contribution in [-0.2, 0) is 6.54 Å². The summed E-state index contributed by atoms with van der Waals surface area (Å²) >= 11 is 0. The van der Waals surface area contributed by atoms with E-state index in [0.29, 0.717) is 5.84 Å². The van der Waals surface area contributed by atoms with Gasteiger partial charge in [-0.3, -0.25) is 4.99 Å². The fourth-order valence-corrected chi connectivity index (χ4v) is 1.54. The van der Waals surface area contributed by atoms with Crippen LogP contribution in [0.15, 0.2) is 53.5 Å². The van der Waals surface area contributed by atoms with Gasteiger partial charge in [-0.25, -0.2) is 8.78 Å². The van der Waals surface area contributed by atoms with Gasteiger partial charge >= 0.3 is 0 Å². The molecule has 0 aliphatic heterocycles. The molecule has 0 atom stereocenters. The minimum Gasteiger partial charge on any atom is -0.383 e. The van der Waals surface area contributed by atoms with Crippen LogP contribution in [0.25, 0.3) is 0 Å². The lowest BCUT2D eigenvalue weighted by atomic mass is 10.2. The number of nitrogens with zero attached hydrogens (tertiary/aromatic N) is 1. The van der Waals surface area contributed by atoms with Crippen LogP contribution in [0.3, 0.4) is 0 Å². The Hall–Kier alpha value is -2.23. The highest BCUT2D eigenvalue weighted by molar-refractivity contribution is 5.97. The Kier molecular flexibility index (Phi) is 3.67. The highest BCUT2D eigenvalue weighted by atomic mass is 19.1. The number of benzene rings is 2. The van der Waals surface area contributed by atoms with Gasteiger partial charge in [-0.1, -0.05) is 30.3 Å². The first-order valence-corrected chi connectivity index (χ1v) is 5.46. The number of rotatable bonds is 3. The second-order valence-electron chi connectivity index (χ2n) is 3.80. The van der Waals surface area contributed by atoms with E-state index in [1.807, 2.05) is 18.2 Å². The number of hydrogen-bond acceptors (Lipinski definition) is 1. The Morgan fingerprint density at radius 1 is 1.06 bits per heavy atom. The van der Waals surface area contributed by atoms with Gasteiger partial charge in [0.1, 0.15) is 17.5 Å². The molecule has 0 bridgehead atoms. The van der Waals surface area contributed by atoms with Gasteiger partial charge in [-0.2, -0.15) is 0 Å². The molecule has 2 aromatic carbocycles. The van der Waals surface area contributed by atoms with Crippen LogP contribution >= 0.6 is 0 Å². The minimum absolute atomic E-state index is 0.0182. The standard InChI is InChI=1S/C14H12F2N2/c15-12-6-7-13(16)11(8-12)9-18-14(17)10-4-2-1-3-5-10/h1-8H,9H2,(H2,17,18). The van der Waals surface area contributed by atoms with Crippen molar-refractivity contribution in [2.75, 3.05) is 0 Å². The lowest BCUT2D eigenvalue weighted by Gasteiger charge is -2.02. The predicted octanol–water partition coefficient (Wildman–Crippen LogP) is 2.87. The number of aliphatic imine (C=N–C) groups is 1. The average Bonchev–Trinajstić information content (AvgIpc) is 2.40. The van der Waals surface area contributed by atoms with E-state index < -0.39 is 11.6 Å². The maximum absolute atomic E-state index is 13.3. The molecule has 0 spiro atoms. The van der Waals surface area contributed by atoms with Crippen LogP contribution in [0.5, 0.6) is 0 Å². The van der Waals surface area contributed by atoms with Crippen molar-refractivity contribution >= 4 is 5.84 Å². The molecule has 0 heterocycles. The summed E-state index contributed by atoms with van der Waals surface area (Å²) < 4.78 is 26.3. The van der Waals surface area contributed by atoms with Crippen molar-refractivity contribution in [3.05, 3.63) is 71.3 Å². The van der Waals surface area contributed by atoms with E-state index in [0.717, 1.165) is 23.8 Å². The number of halogens is 2. The first-order chi connectivity index (χ1) is 8.66. The first kappa shape index (κ1) is 12.2. The number of nitrogens with two attached hydrogens (primary N) is 1. The lowest BCUT2D eigenvalue weighted by molar-refractivity contribution is 0.586. The quantitative estimate of drug-likeness (QED) is 0.656. The van der Waals surface area contributed by atoms with E-state index in [4.69, 9.17) is 5.73 Å². The van der Waals surface area contributed by atoms with Gasteiger partial charge in [0.05, 0.1) is 6.54 Å². The summed E-state index contributed by atoms with van der Waals surface area (Å²) in [6.45, 7) is 0.0182. The molecule has 0 aliphatic carbocycles. The molecule has 0 aromatic heterocycles. The van der Waals surface area contributed by atoms with Crippen LogP contribution < -0.4 is 5.73 Å². The molecule has 2 rings (SSSR count). The maximum atomic E-state index is 13.3. The predicted molar refractivity (Wildman–Crippen MR) is 67.2 cm³/mol. The zero-order valence-electron chi connectivity index (χ0n) is 9.61. The summed E-state index contributed by atoms with van der Waals surface area (Å²) in [4.78, 5) is 4.05. The normalized spacial score (nSPS) is 11.6. The average molecular weight is 246 g/mol. The third-order valence-electron chi connectivity index (χ3n) is 2.50. The van der Waals surface area contributed by atoms with E-state index >= 15 is 0 Å². The zero-order chi connectivity index (χ0) is 13.0. The van der Waals surface area contributed by atoms with Gasteiger partial charge in [0.15, 0.2) is 0 Å². The molecule has 18 heavy (non-hydrogen) atoms. The van der Waals surface area contributed by atoms with Crippen LogP contribution in [0.2, 0.25) is 0 Å². The summed E-state index contributed by atoms with van der Waals surface area (Å²) in [5.74, 6) is -0.667. The topological polar surface area (TPSA) is 38.4 Å². The molecule has 0 saturated heterocycles. The van der Waals surface area contributed by atoms with Crippen molar-refractivity contribution in [1.82, 2.24) is 0 Å². The monoisotopic (exact) mass is 246 g/mol. The maximum Gasteiger partial charge on any atom is 0.128 e. The van der Waals surface area contributed by atoms with E-state index in [9.17, 15) is 8.78 Å². The fourth-order valence-electron chi connectivity index (χ4n) is 1.54. The molecule has 0 amide bonds. The molecule has 0 saturated carbocycles. The summed E-state index contributed by atoms with van der Waals surface area (Å²) in [6, 6.07) is 12.4. The molecule has 4 heteroatoms. The molecular formula is C14H12F2N2. The summed E-state index contributed by atoms with van der Waals surface area (Å²) in [5.41, 5.74) is 6.71. The molecule has 0 aliphatic rings. The third kappa shape index (κ3) is 2.91. The van der Waals surface area contributed by atoms with Crippen LogP contribution in [0.4, 0.5) is 8.78 Å². The largest absolute Gasteiger partial charge is 0.383 e. The first-order valence-electron chi connectivity index (χ1n) is 5.46. The summed E-state index contributed by atoms with van der Waals surface area (Å²) in [7, 11) is 0. The molecule has 0 unspecified atom stereocenters. The fraction of sp³-hybridized carbons (Fsp3) is 0.0714. The van der Waals surface area contributed by atoms with Gasteiger partial charge in [0, 0.05) is 11.1 Å². The second-order valence-corrected chi connectivity index (χ2v) is 3.80. The molecule has 2 N–H and O–H groups in total. The number of amidine groups is 1. The van der Waals surface area contributed by atoms with Crippen molar-refractivity contribution in [1.29, 1.82) is 0 Å². The van der Waals surface area contributed by atoms with E-state index in [2.05, 4.69) is 4.99 Å². The minimum atomic E-state index is -0.486. The Labute approximate surface area is 104 Å². The summed E-state index contributed by atoms with van der Waals surface area (Å²) in [5, 5.41) is 0. The Morgan fingerprint density at radius 3 is 2.50 bits per heavy atom. The molecule has 2 nitrogen and oxygen atoms in total. The third-order valence-corrected chi connectivity index (χ3v) is 2.50. The Morgan fingerprint density at radius 2 is 1.78 bits per heavy atom. The molecule has 0 fully saturated rings. The Balaban J connectivity index is 2.18. The van der Waals surface area contributed by atoms with E-state index in [1.165, 1.54) is 0 Å². The Bertz CT molecular complexity index is 565. The highest BCUT2D eigenvalue weighted by Gasteiger charge is 2.03. The van der Waals surface area contributed by atoms with Gasteiger partial charge in [0.2, 0.25) is 0 Å².